The van der Waals surface area contributed by atoms with Gasteiger partial charge < -0.3 is 4.40 Å². The molecule has 0 spiro atoms. The number of rotatable bonds is 0. The Balaban J connectivity index is 1.82. The molecule has 2 aromatic carbocycles. The minimum atomic E-state index is -0.276. The molecule has 30 heavy (non-hydrogen) atoms. The summed E-state index contributed by atoms with van der Waals surface area (Å²) in [6.07, 6.45) is 7.44. The number of nitrogens with zero attached hydrogens (tertiary/aromatic N) is 3. The second kappa shape index (κ2) is 5.03. The fraction of sp³-hybridized carbons (Fsp3) is 0.115. The van der Waals surface area contributed by atoms with Crippen molar-refractivity contribution in [1.29, 1.82) is 0 Å². The van der Waals surface area contributed by atoms with Gasteiger partial charge in [0.1, 0.15) is 0 Å². The quantitative estimate of drug-likeness (QED) is 0.346. The van der Waals surface area contributed by atoms with Gasteiger partial charge in [-0.2, -0.15) is 0 Å². The van der Waals surface area contributed by atoms with E-state index in [4.69, 9.17) is 0 Å². The zero-order chi connectivity index (χ0) is 20.2. The molecule has 0 atom stereocenters. The highest BCUT2D eigenvalue weighted by atomic mass is 16.1. The Kier molecular flexibility index (Phi) is 2.69. The van der Waals surface area contributed by atoms with Crippen LogP contribution in [0.3, 0.4) is 0 Å². The first-order valence-electron chi connectivity index (χ1n) is 10.1. The summed E-state index contributed by atoms with van der Waals surface area (Å²) < 4.78 is 2.22. The van der Waals surface area contributed by atoms with E-state index in [0.29, 0.717) is 0 Å². The lowest BCUT2D eigenvalue weighted by Gasteiger charge is -2.34. The molecule has 0 radical (unpaired) electrons. The summed E-state index contributed by atoms with van der Waals surface area (Å²) in [5.41, 5.74) is 6.68. The van der Waals surface area contributed by atoms with E-state index in [1.165, 1.54) is 0 Å². The molecule has 7 rings (SSSR count). The first-order chi connectivity index (χ1) is 14.6. The Labute approximate surface area is 172 Å². The van der Waals surface area contributed by atoms with Gasteiger partial charge in [0.2, 0.25) is 0 Å². The van der Waals surface area contributed by atoms with E-state index in [9.17, 15) is 4.79 Å². The van der Waals surface area contributed by atoms with Crippen LogP contribution in [0.2, 0.25) is 0 Å². The van der Waals surface area contributed by atoms with Crippen molar-refractivity contribution >= 4 is 43.9 Å². The lowest BCUT2D eigenvalue weighted by molar-refractivity contribution is 0.103. The third kappa shape index (κ3) is 1.64. The summed E-state index contributed by atoms with van der Waals surface area (Å²) in [4.78, 5) is 22.6. The van der Waals surface area contributed by atoms with Crippen LogP contribution in [0.5, 0.6) is 0 Å². The number of carbonyl (C=O) groups excluding carboxylic acids is 1. The van der Waals surface area contributed by atoms with Gasteiger partial charge in [-0.15, -0.1) is 0 Å². The molecular formula is C26H17N3O. The van der Waals surface area contributed by atoms with Gasteiger partial charge in [-0.25, -0.2) is 0 Å². The number of hydrogen-bond donors (Lipinski definition) is 0. The maximum atomic E-state index is 13.8. The molecule has 1 aliphatic rings. The number of carbonyl (C=O) groups is 1. The zero-order valence-corrected chi connectivity index (χ0v) is 16.6. The third-order valence-corrected chi connectivity index (χ3v) is 6.91. The predicted octanol–water partition coefficient (Wildman–Crippen LogP) is 5.50. The summed E-state index contributed by atoms with van der Waals surface area (Å²) in [6.45, 7) is 4.44. The van der Waals surface area contributed by atoms with Gasteiger partial charge in [0.15, 0.2) is 5.78 Å². The Morgan fingerprint density at radius 2 is 1.53 bits per heavy atom. The van der Waals surface area contributed by atoms with Crippen LogP contribution in [0.25, 0.3) is 38.1 Å². The van der Waals surface area contributed by atoms with Gasteiger partial charge in [0.05, 0.1) is 28.9 Å². The van der Waals surface area contributed by atoms with E-state index in [0.717, 1.165) is 60.3 Å². The highest BCUT2D eigenvalue weighted by molar-refractivity contribution is 6.31. The fourth-order valence-electron chi connectivity index (χ4n) is 5.55. The standard InChI is InChI=1S/C26H17N3O/c1-26(2)18-6-4-3-5-15(18)25(30)23-19(26)11-17-14-7-9-27-12-20(14)29-21-13-28-10-8-16(21)22(23)24(17)29/h3-13H,1-2H3. The number of hydrogen-bond acceptors (Lipinski definition) is 3. The van der Waals surface area contributed by atoms with Crippen LogP contribution in [0.15, 0.2) is 67.3 Å². The van der Waals surface area contributed by atoms with Crippen LogP contribution in [0.1, 0.15) is 40.9 Å². The van der Waals surface area contributed by atoms with Gasteiger partial charge in [-0.05, 0) is 29.3 Å². The molecule has 0 aliphatic heterocycles. The van der Waals surface area contributed by atoms with E-state index < -0.39 is 0 Å². The largest absolute Gasteiger partial charge is 0.305 e. The maximum absolute atomic E-state index is 13.8. The van der Waals surface area contributed by atoms with Crippen LogP contribution in [0.4, 0.5) is 0 Å². The van der Waals surface area contributed by atoms with Gasteiger partial charge >= 0.3 is 0 Å². The van der Waals surface area contributed by atoms with Crippen molar-refractivity contribution in [2.75, 3.05) is 0 Å². The van der Waals surface area contributed by atoms with Crippen molar-refractivity contribution in [3.05, 3.63) is 89.5 Å². The first-order valence-corrected chi connectivity index (χ1v) is 10.1. The van der Waals surface area contributed by atoms with Crippen LogP contribution in [-0.4, -0.2) is 20.2 Å². The summed E-state index contributed by atoms with van der Waals surface area (Å²) >= 11 is 0. The molecule has 0 saturated carbocycles. The molecule has 0 bridgehead atoms. The fourth-order valence-corrected chi connectivity index (χ4v) is 5.55. The number of benzene rings is 2. The Hall–Kier alpha value is -3.79. The highest BCUT2D eigenvalue weighted by Crippen LogP contribution is 2.49. The summed E-state index contributed by atoms with van der Waals surface area (Å²) in [6, 6.07) is 14.4. The Morgan fingerprint density at radius 3 is 2.33 bits per heavy atom. The minimum Gasteiger partial charge on any atom is -0.305 e. The average Bonchev–Trinajstić information content (AvgIpc) is 3.29. The zero-order valence-electron chi connectivity index (χ0n) is 16.6. The topological polar surface area (TPSA) is 47.3 Å². The summed E-state index contributed by atoms with van der Waals surface area (Å²) in [7, 11) is 0. The van der Waals surface area contributed by atoms with Gasteiger partial charge in [0, 0.05) is 50.5 Å². The van der Waals surface area contributed by atoms with Crippen molar-refractivity contribution in [2.45, 2.75) is 19.3 Å². The normalized spacial score (nSPS) is 15.3. The van der Waals surface area contributed by atoms with Crippen LogP contribution in [-0.2, 0) is 5.41 Å². The van der Waals surface area contributed by atoms with Crippen molar-refractivity contribution in [1.82, 2.24) is 14.4 Å². The Morgan fingerprint density at radius 1 is 0.833 bits per heavy atom. The van der Waals surface area contributed by atoms with Gasteiger partial charge in [-0.3, -0.25) is 14.8 Å². The second-order valence-electron chi connectivity index (χ2n) is 8.69. The molecule has 0 saturated heterocycles. The van der Waals surface area contributed by atoms with Crippen LogP contribution in [0, 0.1) is 0 Å². The lowest BCUT2D eigenvalue weighted by atomic mass is 9.67. The number of aromatic nitrogens is 3. The SMILES string of the molecule is CC1(C)c2ccccc2C(=O)c2c1cc1c3ccncc3n3c4cnccc4c2c13. The molecule has 0 N–H and O–H groups in total. The van der Waals surface area contributed by atoms with Gasteiger partial charge in [-0.1, -0.05) is 38.1 Å². The van der Waals surface area contributed by atoms with Crippen LogP contribution >= 0.6 is 0 Å². The number of pyridine rings is 2. The monoisotopic (exact) mass is 387 g/mol. The number of ketones is 1. The molecule has 4 nitrogen and oxygen atoms in total. The predicted molar refractivity (Wildman–Crippen MR) is 119 cm³/mol. The van der Waals surface area contributed by atoms with Crippen LogP contribution < -0.4 is 0 Å². The summed E-state index contributed by atoms with van der Waals surface area (Å²) in [5, 5.41) is 4.41. The van der Waals surface area contributed by atoms with E-state index in [2.05, 4.69) is 46.4 Å². The molecule has 0 amide bonds. The first kappa shape index (κ1) is 16.1. The molecule has 142 valence electrons. The second-order valence-corrected chi connectivity index (χ2v) is 8.69. The van der Waals surface area contributed by atoms with E-state index in [1.54, 1.807) is 0 Å². The lowest BCUT2D eigenvalue weighted by Crippen LogP contribution is -2.30. The molecular weight excluding hydrogens is 370 g/mol. The summed E-state index contributed by atoms with van der Waals surface area (Å²) in [5.74, 6) is 0.108. The Bertz CT molecular complexity index is 1690. The molecule has 6 aromatic rings. The van der Waals surface area contributed by atoms with Gasteiger partial charge in [0.25, 0.3) is 0 Å². The molecule has 0 unspecified atom stereocenters. The van der Waals surface area contributed by atoms with E-state index >= 15 is 0 Å². The molecule has 0 fully saturated rings. The minimum absolute atomic E-state index is 0.108. The van der Waals surface area contributed by atoms with Crippen molar-refractivity contribution in [3.8, 4) is 0 Å². The molecule has 1 aliphatic carbocycles. The van der Waals surface area contributed by atoms with Crippen molar-refractivity contribution < 1.29 is 4.79 Å². The molecule has 4 aromatic heterocycles. The smallest absolute Gasteiger partial charge is 0.194 e. The maximum Gasteiger partial charge on any atom is 0.194 e. The molecule has 4 heterocycles. The van der Waals surface area contributed by atoms with Crippen molar-refractivity contribution in [3.63, 3.8) is 0 Å². The average molecular weight is 387 g/mol. The van der Waals surface area contributed by atoms with E-state index in [1.807, 2.05) is 49.1 Å². The van der Waals surface area contributed by atoms with E-state index in [-0.39, 0.29) is 11.2 Å². The highest BCUT2D eigenvalue weighted by Gasteiger charge is 2.39. The molecule has 4 heteroatoms. The van der Waals surface area contributed by atoms with Crippen molar-refractivity contribution in [2.24, 2.45) is 0 Å². The number of fused-ring (bicyclic) bond motifs is 9. The third-order valence-electron chi connectivity index (χ3n) is 6.91.